The van der Waals surface area contributed by atoms with Gasteiger partial charge >= 0.3 is 0 Å². The van der Waals surface area contributed by atoms with E-state index in [0.717, 1.165) is 61.7 Å². The van der Waals surface area contributed by atoms with Gasteiger partial charge in [-0.15, -0.1) is 0 Å². The minimum absolute atomic E-state index is 0.939. The summed E-state index contributed by atoms with van der Waals surface area (Å²) in [6, 6.07) is 85.4. The lowest BCUT2D eigenvalue weighted by molar-refractivity contribution is 1.15. The smallest absolute Gasteiger partial charge is 0.0788 e. The number of hydrogen-bond acceptors (Lipinski definition) is 1. The first-order valence-electron chi connectivity index (χ1n) is 21.2. The summed E-state index contributed by atoms with van der Waals surface area (Å²) in [7, 11) is 0. The van der Waals surface area contributed by atoms with Crippen LogP contribution in [0.4, 0.5) is 0 Å². The van der Waals surface area contributed by atoms with Gasteiger partial charge in [0, 0.05) is 44.0 Å². The Hall–Kier alpha value is -8.27. The predicted octanol–water partition coefficient (Wildman–Crippen LogP) is 15.6. The lowest BCUT2D eigenvalue weighted by Gasteiger charge is -2.17. The van der Waals surface area contributed by atoms with Gasteiger partial charge in [-0.05, 0) is 88.0 Å². The summed E-state index contributed by atoms with van der Waals surface area (Å²) in [5.41, 5.74) is 17.9. The number of hydrogen-bond donors (Lipinski definition) is 0. The van der Waals surface area contributed by atoms with Crippen LogP contribution in [0.25, 0.3) is 111 Å². The molecule has 3 aromatic heterocycles. The molecule has 3 heteroatoms. The van der Waals surface area contributed by atoms with Crippen LogP contribution < -0.4 is 0 Å². The van der Waals surface area contributed by atoms with Crippen LogP contribution >= 0.6 is 0 Å². The standard InChI is InChI=1S/C59H39N3/c1-5-18-40(19-6-1)44-26-17-27-48(35-44)61-56-30-15-13-28-50(56)52-32-33-53-51-29-14-16-31-57(51)62(59(53)58(52)61)49-36-45(41-20-7-2-8-21-41)34-46(37-49)47-38-54(42-22-9-3-10-23-42)60-55(39-47)43-24-11-4-12-25-43/h1-39H. The van der Waals surface area contributed by atoms with Gasteiger partial charge in [0.05, 0.1) is 33.5 Å². The summed E-state index contributed by atoms with van der Waals surface area (Å²) in [5, 5.41) is 4.87. The summed E-state index contributed by atoms with van der Waals surface area (Å²) < 4.78 is 4.99. The molecule has 0 unspecified atom stereocenters. The third kappa shape index (κ3) is 6.02. The van der Waals surface area contributed by atoms with Crippen molar-refractivity contribution in [2.45, 2.75) is 0 Å². The van der Waals surface area contributed by atoms with E-state index in [1.807, 2.05) is 0 Å². The molecule has 3 heterocycles. The van der Waals surface area contributed by atoms with E-state index in [0.29, 0.717) is 0 Å². The fourth-order valence-electron chi connectivity index (χ4n) is 9.41. The van der Waals surface area contributed by atoms with Crippen LogP contribution in [0.3, 0.4) is 0 Å². The van der Waals surface area contributed by atoms with E-state index in [1.54, 1.807) is 0 Å². The number of rotatable bonds is 7. The van der Waals surface area contributed by atoms with E-state index in [1.165, 1.54) is 49.2 Å². The molecule has 0 radical (unpaired) electrons. The Morgan fingerprint density at radius 3 is 1.16 bits per heavy atom. The fraction of sp³-hybridized carbons (Fsp3) is 0. The molecule has 62 heavy (non-hydrogen) atoms. The second-order valence-corrected chi connectivity index (χ2v) is 16.0. The number of para-hydroxylation sites is 2. The zero-order valence-electron chi connectivity index (χ0n) is 33.9. The molecule has 0 atom stereocenters. The normalized spacial score (nSPS) is 11.5. The molecule has 0 bridgehead atoms. The Bertz CT molecular complexity index is 3550. The molecule has 12 rings (SSSR count). The van der Waals surface area contributed by atoms with Gasteiger partial charge in [0.15, 0.2) is 0 Å². The topological polar surface area (TPSA) is 22.8 Å². The maximum Gasteiger partial charge on any atom is 0.0788 e. The van der Waals surface area contributed by atoms with Gasteiger partial charge in [0.2, 0.25) is 0 Å². The van der Waals surface area contributed by atoms with Gasteiger partial charge in [-0.25, -0.2) is 4.98 Å². The Kier molecular flexibility index (Phi) is 8.50. The summed E-state index contributed by atoms with van der Waals surface area (Å²) in [6.45, 7) is 0. The van der Waals surface area contributed by atoms with Gasteiger partial charge in [-0.3, -0.25) is 0 Å². The van der Waals surface area contributed by atoms with Crippen LogP contribution in [0.15, 0.2) is 237 Å². The van der Waals surface area contributed by atoms with Crippen molar-refractivity contribution in [3.63, 3.8) is 0 Å². The highest BCUT2D eigenvalue weighted by Crippen LogP contribution is 2.43. The van der Waals surface area contributed by atoms with Crippen LogP contribution in [0.5, 0.6) is 0 Å². The minimum atomic E-state index is 0.939. The van der Waals surface area contributed by atoms with Crippen molar-refractivity contribution < 1.29 is 0 Å². The highest BCUT2D eigenvalue weighted by Gasteiger charge is 2.22. The lowest BCUT2D eigenvalue weighted by atomic mass is 9.95. The Morgan fingerprint density at radius 2 is 0.629 bits per heavy atom. The second kappa shape index (κ2) is 14.8. The SMILES string of the molecule is c1ccc(-c2cccc(-n3c4ccccc4c4ccc5c6ccccc6n(-c6cc(-c7ccccc7)cc(-c7cc(-c8ccccc8)nc(-c8ccccc8)c7)c6)c5c43)c2)cc1. The maximum absolute atomic E-state index is 5.25. The zero-order chi connectivity index (χ0) is 41.0. The van der Waals surface area contributed by atoms with E-state index < -0.39 is 0 Å². The van der Waals surface area contributed by atoms with Crippen molar-refractivity contribution in [1.29, 1.82) is 0 Å². The molecule has 12 aromatic rings. The molecule has 0 fully saturated rings. The van der Waals surface area contributed by atoms with E-state index >= 15 is 0 Å². The molecule has 3 nitrogen and oxygen atoms in total. The summed E-state index contributed by atoms with van der Waals surface area (Å²) in [6.07, 6.45) is 0. The minimum Gasteiger partial charge on any atom is -0.307 e. The molecule has 0 saturated heterocycles. The molecular formula is C59H39N3. The first-order valence-corrected chi connectivity index (χ1v) is 21.2. The fourth-order valence-corrected chi connectivity index (χ4v) is 9.41. The summed E-state index contributed by atoms with van der Waals surface area (Å²) >= 11 is 0. The molecule has 0 aliphatic carbocycles. The Balaban J connectivity index is 1.18. The molecule has 0 aliphatic heterocycles. The van der Waals surface area contributed by atoms with Crippen LogP contribution in [-0.2, 0) is 0 Å². The summed E-state index contributed by atoms with van der Waals surface area (Å²) in [5.74, 6) is 0. The third-order valence-electron chi connectivity index (χ3n) is 12.3. The predicted molar refractivity (Wildman–Crippen MR) is 260 cm³/mol. The van der Waals surface area contributed by atoms with E-state index in [4.69, 9.17) is 4.98 Å². The third-order valence-corrected chi connectivity index (χ3v) is 12.3. The van der Waals surface area contributed by atoms with Gasteiger partial charge in [0.1, 0.15) is 0 Å². The molecular weight excluding hydrogens is 751 g/mol. The molecule has 290 valence electrons. The average molecular weight is 790 g/mol. The van der Waals surface area contributed by atoms with Crippen molar-refractivity contribution in [2.24, 2.45) is 0 Å². The van der Waals surface area contributed by atoms with Gasteiger partial charge in [-0.2, -0.15) is 0 Å². The molecule has 0 amide bonds. The Labute approximate surface area is 360 Å². The van der Waals surface area contributed by atoms with Crippen molar-refractivity contribution in [2.75, 3.05) is 0 Å². The first kappa shape index (κ1) is 35.7. The monoisotopic (exact) mass is 789 g/mol. The lowest BCUT2D eigenvalue weighted by Crippen LogP contribution is -2.00. The zero-order valence-corrected chi connectivity index (χ0v) is 33.9. The quantitative estimate of drug-likeness (QED) is 0.158. The van der Waals surface area contributed by atoms with Crippen LogP contribution in [0.2, 0.25) is 0 Å². The maximum atomic E-state index is 5.25. The van der Waals surface area contributed by atoms with E-state index in [2.05, 4.69) is 246 Å². The number of benzene rings is 9. The van der Waals surface area contributed by atoms with Crippen molar-refractivity contribution in [1.82, 2.24) is 14.1 Å². The second-order valence-electron chi connectivity index (χ2n) is 16.0. The van der Waals surface area contributed by atoms with Crippen LogP contribution in [-0.4, -0.2) is 14.1 Å². The van der Waals surface area contributed by atoms with Crippen molar-refractivity contribution in [3.8, 4) is 67.3 Å². The van der Waals surface area contributed by atoms with Crippen molar-refractivity contribution in [3.05, 3.63) is 237 Å². The number of aromatic nitrogens is 3. The summed E-state index contributed by atoms with van der Waals surface area (Å²) in [4.78, 5) is 5.25. The number of fused-ring (bicyclic) bond motifs is 7. The van der Waals surface area contributed by atoms with E-state index in [-0.39, 0.29) is 0 Å². The van der Waals surface area contributed by atoms with Gasteiger partial charge in [-0.1, -0.05) is 182 Å². The van der Waals surface area contributed by atoms with Crippen LogP contribution in [0, 0.1) is 0 Å². The highest BCUT2D eigenvalue weighted by molar-refractivity contribution is 6.24. The average Bonchev–Trinajstić information content (AvgIpc) is 3.88. The van der Waals surface area contributed by atoms with E-state index in [9.17, 15) is 0 Å². The highest BCUT2D eigenvalue weighted by atomic mass is 15.0. The molecule has 0 aliphatic rings. The molecule has 0 saturated carbocycles. The van der Waals surface area contributed by atoms with Gasteiger partial charge in [0.25, 0.3) is 0 Å². The Morgan fingerprint density at radius 1 is 0.242 bits per heavy atom. The number of nitrogens with zero attached hydrogens (tertiary/aromatic N) is 3. The largest absolute Gasteiger partial charge is 0.307 e. The number of pyridine rings is 1. The molecule has 0 N–H and O–H groups in total. The molecule has 0 spiro atoms. The van der Waals surface area contributed by atoms with Crippen molar-refractivity contribution >= 4 is 43.6 Å². The van der Waals surface area contributed by atoms with Crippen LogP contribution in [0.1, 0.15) is 0 Å². The van der Waals surface area contributed by atoms with Gasteiger partial charge < -0.3 is 9.13 Å². The molecule has 9 aromatic carbocycles. The first-order chi connectivity index (χ1) is 30.7.